The first-order valence-corrected chi connectivity index (χ1v) is 9.13. The van der Waals surface area contributed by atoms with Gasteiger partial charge in [0.2, 0.25) is 5.91 Å². The molecule has 0 bridgehead atoms. The van der Waals surface area contributed by atoms with Crippen LogP contribution in [0.1, 0.15) is 19.8 Å². The summed E-state index contributed by atoms with van der Waals surface area (Å²) in [7, 11) is 0. The number of alkyl halides is 3. The Morgan fingerprint density at radius 3 is 2.21 bits per heavy atom. The fraction of sp³-hybridized carbons (Fsp3) is 0.300. The van der Waals surface area contributed by atoms with Gasteiger partial charge in [0.05, 0.1) is 16.7 Å². The Labute approximate surface area is 164 Å². The molecule has 9 heteroatoms. The molecule has 0 atom stereocenters. The minimum atomic E-state index is -4.87. The number of fused-ring (bicyclic) bond motifs is 1. The molecule has 1 heterocycles. The Morgan fingerprint density at radius 1 is 1.00 bits per heavy atom. The van der Waals surface area contributed by atoms with Crippen LogP contribution in [0.25, 0.3) is 11.0 Å². The van der Waals surface area contributed by atoms with E-state index in [1.165, 1.54) is 22.8 Å². The predicted octanol–water partition coefficient (Wildman–Crippen LogP) is 4.14. The zero-order chi connectivity index (χ0) is 21.0. The van der Waals surface area contributed by atoms with E-state index in [9.17, 15) is 22.8 Å². The first-order chi connectivity index (χ1) is 13.8. The molecule has 0 aliphatic carbocycles. The molecule has 1 aromatic heterocycles. The zero-order valence-corrected chi connectivity index (χ0v) is 15.7. The third kappa shape index (κ3) is 4.79. The number of carbonyl (C=O) groups is 1. The molecule has 0 unspecified atom stereocenters. The predicted molar refractivity (Wildman–Crippen MR) is 103 cm³/mol. The van der Waals surface area contributed by atoms with Gasteiger partial charge >= 0.3 is 12.1 Å². The lowest BCUT2D eigenvalue weighted by molar-refractivity contribution is -0.274. The Kier molecular flexibility index (Phi) is 5.95. The lowest BCUT2D eigenvalue weighted by Gasteiger charge is -2.13. The van der Waals surface area contributed by atoms with Crippen LogP contribution in [-0.4, -0.2) is 21.4 Å². The van der Waals surface area contributed by atoms with Gasteiger partial charge in [-0.2, -0.15) is 0 Å². The first-order valence-electron chi connectivity index (χ1n) is 9.13. The first kappa shape index (κ1) is 20.5. The Hall–Kier alpha value is -3.23. The number of rotatable bonds is 7. The van der Waals surface area contributed by atoms with Crippen LogP contribution < -0.4 is 15.7 Å². The second kappa shape index (κ2) is 8.42. The maximum atomic E-state index is 12.7. The molecule has 0 saturated heterocycles. The van der Waals surface area contributed by atoms with Crippen LogP contribution in [-0.2, 0) is 17.9 Å². The fourth-order valence-electron chi connectivity index (χ4n) is 3.14. The number of aryl methyl sites for hydroxylation is 2. The van der Waals surface area contributed by atoms with Gasteiger partial charge in [-0.15, -0.1) is 13.2 Å². The normalized spacial score (nSPS) is 11.6. The van der Waals surface area contributed by atoms with E-state index in [1.807, 2.05) is 19.1 Å². The lowest BCUT2D eigenvalue weighted by Crippen LogP contribution is -2.26. The van der Waals surface area contributed by atoms with E-state index in [1.54, 1.807) is 16.7 Å². The van der Waals surface area contributed by atoms with Gasteiger partial charge in [0.15, 0.2) is 5.75 Å². The highest BCUT2D eigenvalue weighted by molar-refractivity contribution is 5.92. The van der Waals surface area contributed by atoms with Gasteiger partial charge in [-0.3, -0.25) is 13.9 Å². The van der Waals surface area contributed by atoms with Gasteiger partial charge in [-0.1, -0.05) is 31.2 Å². The van der Waals surface area contributed by atoms with E-state index >= 15 is 0 Å². The Morgan fingerprint density at radius 2 is 1.59 bits per heavy atom. The Bertz CT molecular complexity index is 1070. The van der Waals surface area contributed by atoms with E-state index in [4.69, 9.17) is 0 Å². The summed E-state index contributed by atoms with van der Waals surface area (Å²) >= 11 is 0. The second-order valence-corrected chi connectivity index (χ2v) is 6.42. The molecule has 2 aromatic carbocycles. The van der Waals surface area contributed by atoms with Crippen molar-refractivity contribution in [2.45, 2.75) is 39.2 Å². The number of hydrogen-bond acceptors (Lipinski definition) is 3. The average Bonchev–Trinajstić information content (AvgIpc) is 2.92. The quantitative estimate of drug-likeness (QED) is 0.640. The number of imidazole rings is 1. The molecule has 0 spiro atoms. The van der Waals surface area contributed by atoms with E-state index in [0.717, 1.165) is 18.0 Å². The molecule has 0 saturated carbocycles. The molecule has 0 fully saturated rings. The molecule has 3 rings (SSSR count). The summed E-state index contributed by atoms with van der Waals surface area (Å²) in [5.74, 6) is -1.02. The van der Waals surface area contributed by atoms with Crippen LogP contribution >= 0.6 is 0 Å². The summed E-state index contributed by atoms with van der Waals surface area (Å²) in [4.78, 5) is 25.0. The highest BCUT2D eigenvalue weighted by Crippen LogP contribution is 2.30. The van der Waals surface area contributed by atoms with Crippen LogP contribution in [0, 0.1) is 0 Å². The highest BCUT2D eigenvalue weighted by Gasteiger charge is 2.32. The summed E-state index contributed by atoms with van der Waals surface area (Å²) < 4.78 is 44.6. The number of aromatic nitrogens is 2. The monoisotopic (exact) mass is 407 g/mol. The molecule has 0 radical (unpaired) electrons. The summed E-state index contributed by atoms with van der Waals surface area (Å²) in [5, 5.41) is 2.42. The third-order valence-electron chi connectivity index (χ3n) is 4.32. The molecule has 29 heavy (non-hydrogen) atoms. The second-order valence-electron chi connectivity index (χ2n) is 6.42. The minimum absolute atomic E-state index is 0.0829. The zero-order valence-electron chi connectivity index (χ0n) is 15.7. The average molecular weight is 407 g/mol. The number of anilines is 1. The maximum absolute atomic E-state index is 12.7. The summed E-state index contributed by atoms with van der Waals surface area (Å²) in [6, 6.07) is 12.6. The van der Waals surface area contributed by atoms with Gasteiger partial charge in [-0.05, 0) is 30.7 Å². The number of carbonyl (C=O) groups excluding carboxylic acids is 1. The van der Waals surface area contributed by atoms with Gasteiger partial charge in [0.25, 0.3) is 0 Å². The van der Waals surface area contributed by atoms with Crippen molar-refractivity contribution in [1.82, 2.24) is 9.13 Å². The molecule has 154 valence electrons. The number of nitrogens with zero attached hydrogens (tertiary/aromatic N) is 2. The number of amides is 1. The van der Waals surface area contributed by atoms with Crippen molar-refractivity contribution >= 4 is 22.6 Å². The topological polar surface area (TPSA) is 65.3 Å². The van der Waals surface area contributed by atoms with Gasteiger partial charge in [0, 0.05) is 19.5 Å². The van der Waals surface area contributed by atoms with Crippen LogP contribution in [0.3, 0.4) is 0 Å². The number of benzene rings is 2. The number of halogens is 3. The number of hydrogen-bond donors (Lipinski definition) is 1. The standard InChI is InChI=1S/C20H20F3N3O3/c1-2-12-25-15-8-4-5-9-16(15)26(19(25)28)13-11-18(27)24-14-7-3-6-10-17(14)29-20(21,22)23/h3-10H,2,11-13H2,1H3,(H,24,27). The molecular weight excluding hydrogens is 387 g/mol. The lowest BCUT2D eigenvalue weighted by atomic mass is 10.2. The molecule has 0 aliphatic rings. The smallest absolute Gasteiger partial charge is 0.404 e. The number of ether oxygens (including phenoxy) is 1. The van der Waals surface area contributed by atoms with Crippen LogP contribution in [0.2, 0.25) is 0 Å². The molecule has 0 aliphatic heterocycles. The van der Waals surface area contributed by atoms with Crippen LogP contribution in [0.15, 0.2) is 53.3 Å². The van der Waals surface area contributed by atoms with E-state index in [2.05, 4.69) is 10.1 Å². The molecule has 1 amide bonds. The summed E-state index contributed by atoms with van der Waals surface area (Å²) in [6.07, 6.45) is -4.17. The third-order valence-corrected chi connectivity index (χ3v) is 4.32. The van der Waals surface area contributed by atoms with Crippen molar-refractivity contribution < 1.29 is 22.7 Å². The van der Waals surface area contributed by atoms with Crippen molar-refractivity contribution in [2.24, 2.45) is 0 Å². The fourth-order valence-corrected chi connectivity index (χ4v) is 3.14. The number of nitrogens with one attached hydrogen (secondary N) is 1. The Balaban J connectivity index is 1.76. The van der Waals surface area contributed by atoms with Crippen LogP contribution in [0.4, 0.5) is 18.9 Å². The molecule has 6 nitrogen and oxygen atoms in total. The van der Waals surface area contributed by atoms with E-state index < -0.39 is 18.0 Å². The summed E-state index contributed by atoms with van der Waals surface area (Å²) in [5.41, 5.74) is 1.18. The van der Waals surface area contributed by atoms with Gasteiger partial charge < -0.3 is 10.1 Å². The molecular formula is C20H20F3N3O3. The SMILES string of the molecule is CCCn1c(=O)n(CCC(=O)Nc2ccccc2OC(F)(F)F)c2ccccc21. The van der Waals surface area contributed by atoms with Crippen molar-refractivity contribution in [3.05, 3.63) is 59.0 Å². The molecule has 3 aromatic rings. The van der Waals surface area contributed by atoms with Gasteiger partial charge in [0.1, 0.15) is 0 Å². The van der Waals surface area contributed by atoms with Crippen molar-refractivity contribution in [3.63, 3.8) is 0 Å². The van der Waals surface area contributed by atoms with Crippen molar-refractivity contribution in [3.8, 4) is 5.75 Å². The van der Waals surface area contributed by atoms with Crippen molar-refractivity contribution in [2.75, 3.05) is 5.32 Å². The van der Waals surface area contributed by atoms with Crippen molar-refractivity contribution in [1.29, 1.82) is 0 Å². The highest BCUT2D eigenvalue weighted by atomic mass is 19.4. The van der Waals surface area contributed by atoms with Crippen LogP contribution in [0.5, 0.6) is 5.75 Å². The maximum Gasteiger partial charge on any atom is 0.573 e. The number of para-hydroxylation sites is 4. The minimum Gasteiger partial charge on any atom is -0.404 e. The summed E-state index contributed by atoms with van der Waals surface area (Å²) in [6.45, 7) is 2.62. The van der Waals surface area contributed by atoms with E-state index in [-0.39, 0.29) is 24.3 Å². The molecule has 1 N–H and O–H groups in total. The van der Waals surface area contributed by atoms with Gasteiger partial charge in [-0.25, -0.2) is 4.79 Å². The van der Waals surface area contributed by atoms with E-state index in [0.29, 0.717) is 12.1 Å². The largest absolute Gasteiger partial charge is 0.573 e.